The van der Waals surface area contributed by atoms with Gasteiger partial charge in [0.25, 0.3) is 5.91 Å². The second-order valence-corrected chi connectivity index (χ2v) is 4.83. The molecule has 0 aromatic heterocycles. The number of anilines is 1. The van der Waals surface area contributed by atoms with Crippen LogP contribution in [0.15, 0.2) is 24.3 Å². The van der Waals surface area contributed by atoms with E-state index in [9.17, 15) is 22.4 Å². The van der Waals surface area contributed by atoms with Gasteiger partial charge in [0, 0.05) is 15.7 Å². The molecule has 0 atom stereocenters. The van der Waals surface area contributed by atoms with Crippen molar-refractivity contribution in [2.24, 2.45) is 0 Å². The highest BCUT2D eigenvalue weighted by atomic mass is 35.5. The van der Waals surface area contributed by atoms with E-state index in [2.05, 4.69) is 5.32 Å². The first kappa shape index (κ1) is 15.6. The Bertz CT molecular complexity index is 716. The van der Waals surface area contributed by atoms with Gasteiger partial charge in [-0.1, -0.05) is 23.2 Å². The molecule has 2 aromatic rings. The van der Waals surface area contributed by atoms with E-state index in [4.69, 9.17) is 23.2 Å². The van der Waals surface area contributed by atoms with Gasteiger partial charge < -0.3 is 5.32 Å². The maximum atomic E-state index is 13.5. The highest BCUT2D eigenvalue weighted by molar-refractivity contribution is 6.35. The minimum atomic E-state index is -2.07. The quantitative estimate of drug-likeness (QED) is 0.476. The maximum Gasteiger partial charge on any atom is 0.258 e. The Morgan fingerprint density at radius 3 is 2.00 bits per heavy atom. The molecule has 0 saturated carbocycles. The third-order valence-corrected chi connectivity index (χ3v) is 2.90. The standard InChI is InChI=1S/C13H5Cl2F4NO/c14-5-1-6(15)3-7(2-5)20-13(21)8-4-9(16)11(18)12(19)10(8)17/h1-4H,(H,20,21). The Labute approximate surface area is 126 Å². The van der Waals surface area contributed by atoms with Crippen molar-refractivity contribution in [2.75, 3.05) is 5.32 Å². The fourth-order valence-corrected chi connectivity index (χ4v) is 2.09. The Morgan fingerprint density at radius 1 is 0.857 bits per heavy atom. The molecule has 0 unspecified atom stereocenters. The third kappa shape index (κ3) is 3.28. The van der Waals surface area contributed by atoms with Gasteiger partial charge in [-0.05, 0) is 24.3 Å². The monoisotopic (exact) mass is 337 g/mol. The number of amides is 1. The van der Waals surface area contributed by atoms with Crippen LogP contribution in [0.5, 0.6) is 0 Å². The predicted molar refractivity (Wildman–Crippen MR) is 70.7 cm³/mol. The smallest absolute Gasteiger partial charge is 0.258 e. The lowest BCUT2D eigenvalue weighted by molar-refractivity contribution is 0.102. The summed E-state index contributed by atoms with van der Waals surface area (Å²) in [5, 5.41) is 2.53. The van der Waals surface area contributed by atoms with Crippen molar-refractivity contribution in [1.29, 1.82) is 0 Å². The molecule has 0 heterocycles. The van der Waals surface area contributed by atoms with Gasteiger partial charge in [0.1, 0.15) is 0 Å². The van der Waals surface area contributed by atoms with Crippen molar-refractivity contribution in [1.82, 2.24) is 0 Å². The lowest BCUT2D eigenvalue weighted by Crippen LogP contribution is -2.16. The first-order valence-corrected chi connectivity index (χ1v) is 6.15. The Morgan fingerprint density at radius 2 is 1.43 bits per heavy atom. The summed E-state index contributed by atoms with van der Waals surface area (Å²) in [4.78, 5) is 11.8. The molecular formula is C13H5Cl2F4NO. The molecule has 0 aliphatic heterocycles. The number of benzene rings is 2. The lowest BCUT2D eigenvalue weighted by Gasteiger charge is -2.08. The lowest BCUT2D eigenvalue weighted by atomic mass is 10.1. The average molecular weight is 338 g/mol. The SMILES string of the molecule is O=C(Nc1cc(Cl)cc(Cl)c1)c1cc(F)c(F)c(F)c1F. The van der Waals surface area contributed by atoms with Crippen LogP contribution in [-0.2, 0) is 0 Å². The van der Waals surface area contributed by atoms with Crippen molar-refractivity contribution in [3.63, 3.8) is 0 Å². The number of carbonyl (C=O) groups excluding carboxylic acids is 1. The van der Waals surface area contributed by atoms with Crippen LogP contribution in [-0.4, -0.2) is 5.91 Å². The second kappa shape index (κ2) is 5.91. The molecule has 8 heteroatoms. The normalized spacial score (nSPS) is 10.6. The van der Waals surface area contributed by atoms with E-state index in [0.29, 0.717) is 0 Å². The highest BCUT2D eigenvalue weighted by Crippen LogP contribution is 2.24. The van der Waals surface area contributed by atoms with Crippen LogP contribution in [0.25, 0.3) is 0 Å². The number of nitrogens with one attached hydrogen (secondary N) is 1. The van der Waals surface area contributed by atoms with Crippen molar-refractivity contribution in [2.45, 2.75) is 0 Å². The van der Waals surface area contributed by atoms with Gasteiger partial charge >= 0.3 is 0 Å². The van der Waals surface area contributed by atoms with Crippen molar-refractivity contribution in [3.8, 4) is 0 Å². The van der Waals surface area contributed by atoms with Crippen LogP contribution in [0.3, 0.4) is 0 Å². The summed E-state index contributed by atoms with van der Waals surface area (Å²) in [5.74, 6) is -8.70. The zero-order valence-corrected chi connectivity index (χ0v) is 11.5. The highest BCUT2D eigenvalue weighted by Gasteiger charge is 2.23. The molecule has 21 heavy (non-hydrogen) atoms. The molecule has 2 rings (SSSR count). The zero-order chi connectivity index (χ0) is 15.7. The number of rotatable bonds is 2. The molecule has 110 valence electrons. The zero-order valence-electron chi connectivity index (χ0n) is 9.99. The minimum absolute atomic E-state index is 0.0852. The molecule has 0 bridgehead atoms. The molecular weight excluding hydrogens is 333 g/mol. The van der Waals surface area contributed by atoms with E-state index >= 15 is 0 Å². The van der Waals surface area contributed by atoms with Crippen LogP contribution in [0.2, 0.25) is 10.0 Å². The second-order valence-electron chi connectivity index (χ2n) is 3.96. The Hall–Kier alpha value is -1.79. The maximum absolute atomic E-state index is 13.5. The van der Waals surface area contributed by atoms with Crippen LogP contribution < -0.4 is 5.32 Å². The Kier molecular flexibility index (Phi) is 4.39. The minimum Gasteiger partial charge on any atom is -0.322 e. The first-order valence-electron chi connectivity index (χ1n) is 5.40. The fourth-order valence-electron chi connectivity index (χ4n) is 1.56. The molecule has 1 amide bonds. The van der Waals surface area contributed by atoms with Gasteiger partial charge in [-0.25, -0.2) is 17.6 Å². The topological polar surface area (TPSA) is 29.1 Å². The molecule has 2 aromatic carbocycles. The van der Waals surface area contributed by atoms with E-state index in [-0.39, 0.29) is 21.8 Å². The molecule has 0 spiro atoms. The predicted octanol–water partition coefficient (Wildman–Crippen LogP) is 4.80. The summed E-state index contributed by atoms with van der Waals surface area (Å²) >= 11 is 11.4. The molecule has 0 saturated heterocycles. The summed E-state index contributed by atoms with van der Waals surface area (Å²) in [6.07, 6.45) is 0. The van der Waals surface area contributed by atoms with Crippen LogP contribution in [0.4, 0.5) is 23.2 Å². The summed E-state index contributed by atoms with van der Waals surface area (Å²) in [7, 11) is 0. The van der Waals surface area contributed by atoms with Gasteiger partial charge in [0.2, 0.25) is 0 Å². The van der Waals surface area contributed by atoms with Gasteiger partial charge in [0.05, 0.1) is 5.56 Å². The van der Waals surface area contributed by atoms with Crippen LogP contribution in [0.1, 0.15) is 10.4 Å². The number of halogens is 6. The van der Waals surface area contributed by atoms with Gasteiger partial charge in [-0.3, -0.25) is 4.79 Å². The fraction of sp³-hybridized carbons (Fsp3) is 0. The van der Waals surface area contributed by atoms with Gasteiger partial charge in [0.15, 0.2) is 23.3 Å². The van der Waals surface area contributed by atoms with Gasteiger partial charge in [-0.2, -0.15) is 0 Å². The van der Waals surface area contributed by atoms with Crippen molar-refractivity contribution in [3.05, 3.63) is 63.1 Å². The summed E-state index contributed by atoms with van der Waals surface area (Å²) in [6.45, 7) is 0. The van der Waals surface area contributed by atoms with E-state index < -0.39 is 34.7 Å². The largest absolute Gasteiger partial charge is 0.322 e. The van der Waals surface area contributed by atoms with Crippen molar-refractivity contribution < 1.29 is 22.4 Å². The summed E-state index contributed by atoms with van der Waals surface area (Å²) in [5.41, 5.74) is -0.899. The molecule has 0 radical (unpaired) electrons. The molecule has 0 aliphatic rings. The van der Waals surface area contributed by atoms with E-state index in [1.165, 1.54) is 18.2 Å². The van der Waals surface area contributed by atoms with E-state index in [1.54, 1.807) is 0 Å². The number of hydrogen-bond donors (Lipinski definition) is 1. The van der Waals surface area contributed by atoms with Gasteiger partial charge in [-0.15, -0.1) is 0 Å². The van der Waals surface area contributed by atoms with E-state index in [1.807, 2.05) is 0 Å². The molecule has 2 nitrogen and oxygen atoms in total. The van der Waals surface area contributed by atoms with Crippen molar-refractivity contribution >= 4 is 34.8 Å². The molecule has 1 N–H and O–H groups in total. The molecule has 0 fully saturated rings. The van der Waals surface area contributed by atoms with Crippen LogP contribution in [0, 0.1) is 23.3 Å². The number of hydrogen-bond acceptors (Lipinski definition) is 1. The molecule has 0 aliphatic carbocycles. The summed E-state index contributed by atoms with van der Waals surface area (Å²) in [6, 6.07) is 4.23. The first-order chi connectivity index (χ1) is 9.79. The van der Waals surface area contributed by atoms with Crippen LogP contribution >= 0.6 is 23.2 Å². The average Bonchev–Trinajstić information content (AvgIpc) is 2.39. The third-order valence-electron chi connectivity index (χ3n) is 2.47. The number of carbonyl (C=O) groups is 1. The summed E-state index contributed by atoms with van der Waals surface area (Å²) < 4.78 is 52.4. The Balaban J connectivity index is 2.37. The van der Waals surface area contributed by atoms with E-state index in [0.717, 1.165) is 0 Å².